The average Bonchev–Trinajstić information content (AvgIpc) is 3.99. The second kappa shape index (κ2) is 16.4. The number of ketones is 1. The molecule has 296 valence electrons. The zero-order chi connectivity index (χ0) is 42.8. The number of hydrogen-bond acceptors (Lipinski definition) is 3. The number of hydrogen-bond donors (Lipinski definition) is 0. The lowest BCUT2D eigenvalue weighted by atomic mass is 9.80. The summed E-state index contributed by atoms with van der Waals surface area (Å²) in [5.41, 5.74) is 15.6. The van der Waals surface area contributed by atoms with Crippen molar-refractivity contribution in [2.24, 2.45) is 20.6 Å². The van der Waals surface area contributed by atoms with Crippen molar-refractivity contribution >= 4 is 37.0 Å². The summed E-state index contributed by atoms with van der Waals surface area (Å²) in [7, 11) is -1.21. The first-order chi connectivity index (χ1) is 29.5. The van der Waals surface area contributed by atoms with Crippen molar-refractivity contribution in [3.05, 3.63) is 219 Å². The lowest BCUT2D eigenvalue weighted by molar-refractivity contribution is 0.0831. The summed E-state index contributed by atoms with van der Waals surface area (Å²) in [5.74, 6) is 2.83. The lowest BCUT2D eigenvalue weighted by Crippen LogP contribution is -2.29. The second-order valence-corrected chi connectivity index (χ2v) is 22.1. The third-order valence-corrected chi connectivity index (χ3v) is 13.1. The van der Waals surface area contributed by atoms with Crippen LogP contribution in [0.4, 0.5) is 11.4 Å². The first-order valence-corrected chi connectivity index (χ1v) is 24.0. The zero-order valence-corrected chi connectivity index (χ0v) is 35.8. The Hall–Kier alpha value is -7.20. The molecule has 0 aromatic heterocycles. The maximum atomic E-state index is 13.3. The zero-order valence-electron chi connectivity index (χ0n) is 34.8. The van der Waals surface area contributed by atoms with Gasteiger partial charge in [0.2, 0.25) is 0 Å². The Balaban J connectivity index is 0.000000146. The molecule has 0 heterocycles. The van der Waals surface area contributed by atoms with Gasteiger partial charge in [0.25, 0.3) is 0 Å². The predicted molar refractivity (Wildman–Crippen MR) is 250 cm³/mol. The standard InChI is InChI=1S/C25H17N3.C24H17NO.C5H11NSi/c1-26-22-9-5-8-17(12-22)18-10-11-21-16-25(24(28-27-2)23(21)13-18)14-19-6-3-4-7-20(19)15-25;1-25-21-8-4-7-16(11-21)17-9-10-20-15-24(23(26)22(20)12-17)13-18-5-2-3-6-19(18)14-24;1-5-6-7(2,3)4/h3-13H,14-16H2;2-12H,13-15H2;1H2,2-4H3/b28-24+;;. The molecule has 0 amide bonds. The molecule has 7 heteroatoms. The van der Waals surface area contributed by atoms with Crippen molar-refractivity contribution in [2.75, 3.05) is 0 Å². The van der Waals surface area contributed by atoms with Gasteiger partial charge in [0.15, 0.2) is 25.4 Å². The number of carbonyl (C=O) groups is 1. The van der Waals surface area contributed by atoms with Gasteiger partial charge in [-0.3, -0.25) is 9.45 Å². The first kappa shape index (κ1) is 40.6. The summed E-state index contributed by atoms with van der Waals surface area (Å²) >= 11 is 0. The minimum absolute atomic E-state index is 0.104. The smallest absolute Gasteiger partial charge is 0.187 e. The summed E-state index contributed by atoms with van der Waals surface area (Å²) in [5, 5.41) is 4.31. The normalized spacial score (nSPS) is 16.0. The molecule has 0 unspecified atom stereocenters. The van der Waals surface area contributed by atoms with E-state index in [-0.39, 0.29) is 16.6 Å². The van der Waals surface area contributed by atoms with Crippen molar-refractivity contribution in [1.29, 1.82) is 0 Å². The highest BCUT2D eigenvalue weighted by Crippen LogP contribution is 2.49. The SMILES string of the molecule is C=C=N[Si](C)(C)C.[C-]#[N+]/N=C1\c2cc(-c3cccc([N+]#[C-])c3)ccc2CC12Cc1ccccc1C2.[C-]#[N+]c1cccc(-c2ccc3c(c2)C(=O)C2(Cc4ccccc4C2)C3)c1. The summed E-state index contributed by atoms with van der Waals surface area (Å²) < 4.78 is 4.03. The summed E-state index contributed by atoms with van der Waals surface area (Å²) in [6.07, 6.45) is 5.33. The van der Waals surface area contributed by atoms with Gasteiger partial charge >= 0.3 is 0 Å². The van der Waals surface area contributed by atoms with E-state index in [1.54, 1.807) is 6.07 Å². The maximum absolute atomic E-state index is 13.3. The molecule has 6 aromatic rings. The molecule has 0 aliphatic heterocycles. The van der Waals surface area contributed by atoms with E-state index in [1.165, 1.54) is 27.8 Å². The molecule has 0 saturated heterocycles. The van der Waals surface area contributed by atoms with Crippen LogP contribution in [0.1, 0.15) is 49.3 Å². The third kappa shape index (κ3) is 8.09. The molecule has 0 radical (unpaired) electrons. The minimum atomic E-state index is -1.21. The molecule has 0 N–H and O–H groups in total. The molecular weight excluding hydrogens is 763 g/mol. The molecule has 4 aliphatic rings. The quantitative estimate of drug-likeness (QED) is 0.0760. The fourth-order valence-corrected chi connectivity index (χ4v) is 10.1. The molecule has 0 atom stereocenters. The lowest BCUT2D eigenvalue weighted by Gasteiger charge is -2.21. The molecule has 0 bridgehead atoms. The predicted octanol–water partition coefficient (Wildman–Crippen LogP) is 13.0. The Labute approximate surface area is 360 Å². The number of benzene rings is 6. The van der Waals surface area contributed by atoms with Crippen molar-refractivity contribution in [3.8, 4) is 22.3 Å². The largest absolute Gasteiger partial charge is 0.294 e. The van der Waals surface area contributed by atoms with Crippen LogP contribution in [0.5, 0.6) is 0 Å². The van der Waals surface area contributed by atoms with Gasteiger partial charge in [-0.05, 0) is 151 Å². The summed E-state index contributed by atoms with van der Waals surface area (Å²) in [6, 6.07) is 44.9. The van der Waals surface area contributed by atoms with E-state index in [2.05, 4.69) is 135 Å². The van der Waals surface area contributed by atoms with Crippen LogP contribution < -0.4 is 0 Å². The molecule has 6 nitrogen and oxygen atoms in total. The van der Waals surface area contributed by atoms with E-state index in [0.29, 0.717) is 11.4 Å². The Morgan fingerprint density at radius 1 is 0.541 bits per heavy atom. The molecule has 0 fully saturated rings. The summed E-state index contributed by atoms with van der Waals surface area (Å²) in [4.78, 5) is 23.8. The van der Waals surface area contributed by atoms with Crippen LogP contribution >= 0.6 is 0 Å². The Bertz CT molecular complexity index is 2890. The highest BCUT2D eigenvalue weighted by molar-refractivity contribution is 6.75. The van der Waals surface area contributed by atoms with Crippen molar-refractivity contribution in [2.45, 2.75) is 58.2 Å². The molecule has 61 heavy (non-hydrogen) atoms. The highest BCUT2D eigenvalue weighted by Gasteiger charge is 2.50. The number of nitrogens with zero attached hydrogens (tertiary/aromatic N) is 5. The van der Waals surface area contributed by atoms with E-state index in [4.69, 9.17) is 19.7 Å². The number of rotatable bonds is 3. The van der Waals surface area contributed by atoms with Gasteiger partial charge in [-0.15, -0.1) is 4.95 Å². The maximum Gasteiger partial charge on any atom is 0.187 e. The number of fused-ring (bicyclic) bond motifs is 4. The van der Waals surface area contributed by atoms with Crippen molar-refractivity contribution in [3.63, 3.8) is 0 Å². The second-order valence-electron chi connectivity index (χ2n) is 17.5. The van der Waals surface area contributed by atoms with Gasteiger partial charge in [0.05, 0.1) is 18.2 Å². The van der Waals surface area contributed by atoms with Crippen LogP contribution in [0.25, 0.3) is 36.9 Å². The van der Waals surface area contributed by atoms with Crippen molar-refractivity contribution in [1.82, 2.24) is 0 Å². The highest BCUT2D eigenvalue weighted by atomic mass is 28.3. The molecule has 4 aliphatic carbocycles. The van der Waals surface area contributed by atoms with Gasteiger partial charge in [0, 0.05) is 22.0 Å². The van der Waals surface area contributed by atoms with Crippen LogP contribution in [0.3, 0.4) is 0 Å². The molecule has 2 spiro atoms. The van der Waals surface area contributed by atoms with E-state index in [0.717, 1.165) is 83.2 Å². The topological polar surface area (TPSA) is 54.9 Å². The Kier molecular flexibility index (Phi) is 10.9. The van der Waals surface area contributed by atoms with Crippen molar-refractivity contribution < 1.29 is 4.79 Å². The van der Waals surface area contributed by atoms with Crippen LogP contribution in [-0.4, -0.2) is 25.6 Å². The fourth-order valence-electron chi connectivity index (χ4n) is 9.64. The van der Waals surface area contributed by atoms with Crippen LogP contribution in [-0.2, 0) is 38.5 Å². The third-order valence-electron chi connectivity index (χ3n) is 12.3. The van der Waals surface area contributed by atoms with Crippen LogP contribution in [0.15, 0.2) is 150 Å². The molecule has 10 rings (SSSR count). The van der Waals surface area contributed by atoms with Gasteiger partial charge < -0.3 is 0 Å². The molecule has 6 aromatic carbocycles. The minimum Gasteiger partial charge on any atom is -0.294 e. The summed E-state index contributed by atoms with van der Waals surface area (Å²) in [6.45, 7) is 31.7. The van der Waals surface area contributed by atoms with Crippen LogP contribution in [0, 0.1) is 30.5 Å². The van der Waals surface area contributed by atoms with Gasteiger partial charge in [-0.1, -0.05) is 109 Å². The van der Waals surface area contributed by atoms with E-state index >= 15 is 0 Å². The van der Waals surface area contributed by atoms with E-state index in [1.807, 2.05) is 48.5 Å². The Morgan fingerprint density at radius 2 is 0.967 bits per heavy atom. The monoisotopic (exact) mass is 807 g/mol. The number of carbonyl (C=O) groups excluding carboxylic acids is 1. The van der Waals surface area contributed by atoms with Gasteiger partial charge in [0.1, 0.15) is 5.71 Å². The molecule has 0 saturated carbocycles. The van der Waals surface area contributed by atoms with Gasteiger partial charge in [-0.2, -0.15) is 6.57 Å². The number of Topliss-reactive ketones (excluding diaryl/α,β-unsaturated/α-hetero) is 1. The average molecular weight is 808 g/mol. The Morgan fingerprint density at radius 3 is 1.41 bits per heavy atom. The van der Waals surface area contributed by atoms with Gasteiger partial charge in [-0.25, -0.2) is 9.69 Å². The molecular formula is C54H45N5OSi. The first-order valence-electron chi connectivity index (χ1n) is 20.6. The van der Waals surface area contributed by atoms with E-state index in [9.17, 15) is 4.79 Å². The fraction of sp³-hybridized carbons (Fsp3) is 0.204. The van der Waals surface area contributed by atoms with E-state index < -0.39 is 8.24 Å². The van der Waals surface area contributed by atoms with Crippen LogP contribution in [0.2, 0.25) is 19.6 Å².